The third kappa shape index (κ3) is 3.07. The number of hydrogen-bond donors (Lipinski definition) is 0. The van der Waals surface area contributed by atoms with Crippen molar-refractivity contribution in [2.24, 2.45) is 5.41 Å². The van der Waals surface area contributed by atoms with Crippen LogP contribution in [0.5, 0.6) is 0 Å². The average molecular weight is 231 g/mol. The molecule has 0 radical (unpaired) electrons. The lowest BCUT2D eigenvalue weighted by atomic mass is 9.90. The lowest BCUT2D eigenvalue weighted by molar-refractivity contribution is -0.157. The van der Waals surface area contributed by atoms with Gasteiger partial charge < -0.3 is 4.74 Å². The van der Waals surface area contributed by atoms with Crippen LogP contribution in [0.25, 0.3) is 0 Å². The molecule has 0 saturated heterocycles. The Labute approximate surface area is 102 Å². The SMILES string of the molecule is CCC(C)(C#N)C(=O)OC(C)c1ccccc1. The molecule has 0 aliphatic heterocycles. The molecule has 2 unspecified atom stereocenters. The minimum atomic E-state index is -1.05. The Balaban J connectivity index is 2.74. The van der Waals surface area contributed by atoms with Crippen molar-refractivity contribution in [3.05, 3.63) is 35.9 Å². The molecule has 90 valence electrons. The number of nitriles is 1. The van der Waals surface area contributed by atoms with Crippen molar-refractivity contribution < 1.29 is 9.53 Å². The molecular weight excluding hydrogens is 214 g/mol. The second-order valence-electron chi connectivity index (χ2n) is 4.26. The van der Waals surface area contributed by atoms with Crippen molar-refractivity contribution in [3.63, 3.8) is 0 Å². The fraction of sp³-hybridized carbons (Fsp3) is 0.429. The van der Waals surface area contributed by atoms with Crippen molar-refractivity contribution in [1.82, 2.24) is 0 Å². The molecule has 0 spiro atoms. The Morgan fingerprint density at radius 2 is 2.06 bits per heavy atom. The van der Waals surface area contributed by atoms with Crippen LogP contribution < -0.4 is 0 Å². The highest BCUT2D eigenvalue weighted by atomic mass is 16.5. The number of carbonyl (C=O) groups is 1. The molecule has 0 heterocycles. The third-order valence-corrected chi connectivity index (χ3v) is 2.96. The van der Waals surface area contributed by atoms with E-state index in [-0.39, 0.29) is 6.10 Å². The smallest absolute Gasteiger partial charge is 0.326 e. The normalized spacial score (nSPS) is 15.4. The number of nitrogens with zero attached hydrogens (tertiary/aromatic N) is 1. The summed E-state index contributed by atoms with van der Waals surface area (Å²) < 4.78 is 5.32. The zero-order valence-corrected chi connectivity index (χ0v) is 10.4. The summed E-state index contributed by atoms with van der Waals surface area (Å²) >= 11 is 0. The molecule has 3 heteroatoms. The van der Waals surface area contributed by atoms with Gasteiger partial charge in [0.2, 0.25) is 0 Å². The van der Waals surface area contributed by atoms with Crippen LogP contribution in [0.1, 0.15) is 38.9 Å². The van der Waals surface area contributed by atoms with Gasteiger partial charge in [0.15, 0.2) is 5.41 Å². The Morgan fingerprint density at radius 3 is 2.53 bits per heavy atom. The molecule has 1 aromatic carbocycles. The standard InChI is InChI=1S/C14H17NO2/c1-4-14(3,10-15)13(16)17-11(2)12-8-6-5-7-9-12/h5-9,11H,4H2,1-3H3. The second-order valence-corrected chi connectivity index (χ2v) is 4.26. The van der Waals surface area contributed by atoms with Crippen LogP contribution in [0.4, 0.5) is 0 Å². The summed E-state index contributed by atoms with van der Waals surface area (Å²) in [5.74, 6) is -0.459. The minimum Gasteiger partial charge on any atom is -0.457 e. The lowest BCUT2D eigenvalue weighted by Crippen LogP contribution is -2.28. The highest BCUT2D eigenvalue weighted by Crippen LogP contribution is 2.26. The molecular formula is C14H17NO2. The van der Waals surface area contributed by atoms with Gasteiger partial charge in [-0.3, -0.25) is 4.79 Å². The van der Waals surface area contributed by atoms with E-state index in [2.05, 4.69) is 0 Å². The first-order chi connectivity index (χ1) is 8.03. The molecule has 1 rings (SSSR count). The van der Waals surface area contributed by atoms with Crippen molar-refractivity contribution in [1.29, 1.82) is 5.26 Å². The van der Waals surface area contributed by atoms with Crippen molar-refractivity contribution in [3.8, 4) is 6.07 Å². The average Bonchev–Trinajstić information content (AvgIpc) is 2.38. The summed E-state index contributed by atoms with van der Waals surface area (Å²) in [6, 6.07) is 11.5. The predicted molar refractivity (Wildman–Crippen MR) is 65.0 cm³/mol. The van der Waals surface area contributed by atoms with E-state index in [1.165, 1.54) is 0 Å². The molecule has 17 heavy (non-hydrogen) atoms. The highest BCUT2D eigenvalue weighted by molar-refractivity contribution is 5.79. The van der Waals surface area contributed by atoms with Crippen LogP contribution in [-0.2, 0) is 9.53 Å². The quantitative estimate of drug-likeness (QED) is 0.747. The molecule has 3 nitrogen and oxygen atoms in total. The van der Waals surface area contributed by atoms with E-state index >= 15 is 0 Å². The van der Waals surface area contributed by atoms with E-state index < -0.39 is 11.4 Å². The van der Waals surface area contributed by atoms with E-state index in [1.807, 2.05) is 36.4 Å². The van der Waals surface area contributed by atoms with Gasteiger partial charge in [-0.2, -0.15) is 5.26 Å². The lowest BCUT2D eigenvalue weighted by Gasteiger charge is -2.21. The fourth-order valence-corrected chi connectivity index (χ4v) is 1.35. The van der Waals surface area contributed by atoms with Crippen LogP contribution in [-0.4, -0.2) is 5.97 Å². The first kappa shape index (κ1) is 13.2. The van der Waals surface area contributed by atoms with E-state index in [1.54, 1.807) is 20.8 Å². The summed E-state index contributed by atoms with van der Waals surface area (Å²) in [6.07, 6.45) is 0.118. The van der Waals surface area contributed by atoms with Gasteiger partial charge in [0.1, 0.15) is 6.10 Å². The van der Waals surface area contributed by atoms with E-state index in [0.717, 1.165) is 5.56 Å². The summed E-state index contributed by atoms with van der Waals surface area (Å²) in [4.78, 5) is 11.9. The maximum Gasteiger partial charge on any atom is 0.326 e. The van der Waals surface area contributed by atoms with Crippen LogP contribution in [0, 0.1) is 16.7 Å². The molecule has 0 amide bonds. The molecule has 0 N–H and O–H groups in total. The summed E-state index contributed by atoms with van der Waals surface area (Å²) in [7, 11) is 0. The molecule has 1 aromatic rings. The maximum absolute atomic E-state index is 11.9. The molecule has 2 atom stereocenters. The van der Waals surface area contributed by atoms with Crippen LogP contribution in [0.2, 0.25) is 0 Å². The largest absolute Gasteiger partial charge is 0.457 e. The second kappa shape index (κ2) is 5.49. The summed E-state index contributed by atoms with van der Waals surface area (Å²) in [6.45, 7) is 5.21. The van der Waals surface area contributed by atoms with Gasteiger partial charge in [0, 0.05) is 0 Å². The number of benzene rings is 1. The van der Waals surface area contributed by atoms with E-state index in [9.17, 15) is 4.79 Å². The van der Waals surface area contributed by atoms with Crippen LogP contribution in [0.3, 0.4) is 0 Å². The van der Waals surface area contributed by atoms with Gasteiger partial charge in [-0.1, -0.05) is 37.3 Å². The number of rotatable bonds is 4. The zero-order chi connectivity index (χ0) is 12.9. The molecule has 0 saturated carbocycles. The van der Waals surface area contributed by atoms with Crippen molar-refractivity contribution in [2.45, 2.75) is 33.3 Å². The predicted octanol–water partition coefficient (Wildman–Crippen LogP) is 3.23. The third-order valence-electron chi connectivity index (χ3n) is 2.96. The number of carbonyl (C=O) groups excluding carboxylic acids is 1. The van der Waals surface area contributed by atoms with Crippen LogP contribution >= 0.6 is 0 Å². The molecule has 0 bridgehead atoms. The molecule has 0 aromatic heterocycles. The zero-order valence-electron chi connectivity index (χ0n) is 10.4. The van der Waals surface area contributed by atoms with Gasteiger partial charge in [0.25, 0.3) is 0 Å². The number of ether oxygens (including phenoxy) is 1. The van der Waals surface area contributed by atoms with Gasteiger partial charge in [0.05, 0.1) is 6.07 Å². The Bertz CT molecular complexity index is 422. The van der Waals surface area contributed by atoms with Gasteiger partial charge in [-0.05, 0) is 25.8 Å². The maximum atomic E-state index is 11.9. The summed E-state index contributed by atoms with van der Waals surface area (Å²) in [5.41, 5.74) is -0.125. The molecule has 0 aliphatic carbocycles. The van der Waals surface area contributed by atoms with Gasteiger partial charge >= 0.3 is 5.97 Å². The fourth-order valence-electron chi connectivity index (χ4n) is 1.35. The first-order valence-corrected chi connectivity index (χ1v) is 5.70. The monoisotopic (exact) mass is 231 g/mol. The first-order valence-electron chi connectivity index (χ1n) is 5.70. The Hall–Kier alpha value is -1.82. The minimum absolute atomic E-state index is 0.331. The molecule has 0 fully saturated rings. The number of hydrogen-bond acceptors (Lipinski definition) is 3. The highest BCUT2D eigenvalue weighted by Gasteiger charge is 2.34. The van der Waals surface area contributed by atoms with Gasteiger partial charge in [-0.25, -0.2) is 0 Å². The Kier molecular flexibility index (Phi) is 4.28. The van der Waals surface area contributed by atoms with E-state index in [0.29, 0.717) is 6.42 Å². The summed E-state index contributed by atoms with van der Waals surface area (Å²) in [5, 5.41) is 8.99. The van der Waals surface area contributed by atoms with Crippen LogP contribution in [0.15, 0.2) is 30.3 Å². The number of esters is 1. The van der Waals surface area contributed by atoms with Crippen molar-refractivity contribution in [2.75, 3.05) is 0 Å². The van der Waals surface area contributed by atoms with Crippen molar-refractivity contribution >= 4 is 5.97 Å². The van der Waals surface area contributed by atoms with E-state index in [4.69, 9.17) is 10.00 Å². The topological polar surface area (TPSA) is 50.1 Å². The van der Waals surface area contributed by atoms with Gasteiger partial charge in [-0.15, -0.1) is 0 Å². The molecule has 0 aliphatic rings. The Morgan fingerprint density at radius 1 is 1.47 bits per heavy atom.